The molecule has 0 aromatic heterocycles. The molecule has 0 saturated heterocycles. The molecule has 22 heavy (non-hydrogen) atoms. The van der Waals surface area contributed by atoms with Gasteiger partial charge in [0.1, 0.15) is 0 Å². The molecule has 0 bridgehead atoms. The molecule has 2 aromatic rings. The average Bonchev–Trinajstić information content (AvgIpc) is 2.52. The number of carbonyl (C=O) groups is 2. The molecular weight excluding hydrogens is 272 g/mol. The van der Waals surface area contributed by atoms with Crippen molar-refractivity contribution < 1.29 is 9.59 Å². The second-order valence-electron chi connectivity index (χ2n) is 5.90. The van der Waals surface area contributed by atoms with Crippen LogP contribution < -0.4 is 0 Å². The topological polar surface area (TPSA) is 34.1 Å². The molecule has 0 aliphatic heterocycles. The van der Waals surface area contributed by atoms with Crippen molar-refractivity contribution in [3.63, 3.8) is 0 Å². The summed E-state index contributed by atoms with van der Waals surface area (Å²) >= 11 is 0. The Labute approximate surface area is 130 Å². The molecule has 0 radical (unpaired) electrons. The van der Waals surface area contributed by atoms with Gasteiger partial charge in [0.15, 0.2) is 11.6 Å². The van der Waals surface area contributed by atoms with Crippen molar-refractivity contribution in [2.24, 2.45) is 0 Å². The number of carbonyl (C=O) groups excluding carboxylic acids is 2. The van der Waals surface area contributed by atoms with Crippen molar-refractivity contribution >= 4 is 11.6 Å². The van der Waals surface area contributed by atoms with Crippen LogP contribution in [0, 0.1) is 0 Å². The van der Waals surface area contributed by atoms with Crippen LogP contribution in [0.25, 0.3) is 0 Å². The van der Waals surface area contributed by atoms with Gasteiger partial charge < -0.3 is 0 Å². The van der Waals surface area contributed by atoms with E-state index in [4.69, 9.17) is 0 Å². The molecule has 2 aromatic carbocycles. The molecule has 0 saturated carbocycles. The summed E-state index contributed by atoms with van der Waals surface area (Å²) in [6.45, 7) is 4.15. The molecule has 0 N–H and O–H groups in total. The van der Waals surface area contributed by atoms with Crippen LogP contribution in [-0.2, 0) is 6.42 Å². The van der Waals surface area contributed by atoms with Gasteiger partial charge in [0.05, 0.1) is 0 Å². The Bertz CT molecular complexity index is 793. The van der Waals surface area contributed by atoms with Crippen LogP contribution in [0.3, 0.4) is 0 Å². The van der Waals surface area contributed by atoms with Crippen LogP contribution in [-0.4, -0.2) is 11.6 Å². The van der Waals surface area contributed by atoms with Gasteiger partial charge in [-0.15, -0.1) is 0 Å². The first-order chi connectivity index (χ1) is 10.6. The normalized spacial score (nSPS) is 12.6. The van der Waals surface area contributed by atoms with E-state index in [1.807, 2.05) is 12.1 Å². The quantitative estimate of drug-likeness (QED) is 0.672. The van der Waals surface area contributed by atoms with Crippen LogP contribution in [0.1, 0.15) is 57.7 Å². The van der Waals surface area contributed by atoms with Gasteiger partial charge >= 0.3 is 0 Å². The number of hydrogen-bond acceptors (Lipinski definition) is 2. The predicted molar refractivity (Wildman–Crippen MR) is 87.5 cm³/mol. The molecule has 2 heteroatoms. The highest BCUT2D eigenvalue weighted by atomic mass is 16.1. The third-order valence-electron chi connectivity index (χ3n) is 3.98. The Morgan fingerprint density at radius 3 is 2.09 bits per heavy atom. The van der Waals surface area contributed by atoms with Crippen LogP contribution in [0.15, 0.2) is 54.1 Å². The third-order valence-corrected chi connectivity index (χ3v) is 3.98. The van der Waals surface area contributed by atoms with E-state index in [-0.39, 0.29) is 11.6 Å². The fourth-order valence-corrected chi connectivity index (χ4v) is 2.83. The number of ketones is 2. The summed E-state index contributed by atoms with van der Waals surface area (Å²) in [5.74, 6) is -0.102. The third kappa shape index (κ3) is 2.52. The van der Waals surface area contributed by atoms with E-state index >= 15 is 0 Å². The van der Waals surface area contributed by atoms with Crippen LogP contribution >= 0.6 is 0 Å². The Balaban J connectivity index is 1.97. The highest BCUT2D eigenvalue weighted by molar-refractivity contribution is 6.28. The molecule has 3 rings (SSSR count). The lowest BCUT2D eigenvalue weighted by molar-refractivity contribution is 0.0979. The first-order valence-electron chi connectivity index (χ1n) is 7.52. The summed E-state index contributed by atoms with van der Waals surface area (Å²) in [6, 6.07) is 12.7. The average molecular weight is 290 g/mol. The lowest BCUT2D eigenvalue weighted by Gasteiger charge is -2.18. The molecule has 0 fully saturated rings. The van der Waals surface area contributed by atoms with Crippen LogP contribution in [0.4, 0.5) is 0 Å². The largest absolute Gasteiger partial charge is 0.289 e. The molecule has 1 aliphatic carbocycles. The van der Waals surface area contributed by atoms with Crippen LogP contribution in [0.2, 0.25) is 0 Å². The Morgan fingerprint density at radius 1 is 0.864 bits per heavy atom. The monoisotopic (exact) mass is 290 g/mol. The fraction of sp³-hybridized carbons (Fsp3) is 0.200. The zero-order valence-corrected chi connectivity index (χ0v) is 12.8. The van der Waals surface area contributed by atoms with Crippen molar-refractivity contribution in [1.29, 1.82) is 0 Å². The van der Waals surface area contributed by atoms with Crippen molar-refractivity contribution in [2.45, 2.75) is 26.7 Å². The van der Waals surface area contributed by atoms with Gasteiger partial charge in [-0.3, -0.25) is 9.59 Å². The van der Waals surface area contributed by atoms with Gasteiger partial charge in [-0.2, -0.15) is 0 Å². The van der Waals surface area contributed by atoms with Gasteiger partial charge in [-0.1, -0.05) is 48.0 Å². The van der Waals surface area contributed by atoms with Gasteiger partial charge in [0, 0.05) is 22.3 Å². The highest BCUT2D eigenvalue weighted by Crippen LogP contribution is 2.28. The Kier molecular flexibility index (Phi) is 3.76. The van der Waals surface area contributed by atoms with E-state index in [0.717, 1.165) is 18.4 Å². The molecule has 0 amide bonds. The van der Waals surface area contributed by atoms with E-state index in [9.17, 15) is 9.59 Å². The van der Waals surface area contributed by atoms with Gasteiger partial charge in [-0.25, -0.2) is 0 Å². The first-order valence-corrected chi connectivity index (χ1v) is 7.52. The summed E-state index contributed by atoms with van der Waals surface area (Å²) in [7, 11) is 0. The molecule has 110 valence electrons. The Morgan fingerprint density at radius 2 is 1.45 bits per heavy atom. The van der Waals surface area contributed by atoms with Crippen molar-refractivity contribution in [1.82, 2.24) is 0 Å². The Hall–Kier alpha value is -2.48. The maximum absolute atomic E-state index is 12.6. The number of hydrogen-bond donors (Lipinski definition) is 0. The number of rotatable bonds is 3. The minimum absolute atomic E-state index is 0.0470. The van der Waals surface area contributed by atoms with Crippen LogP contribution in [0.5, 0.6) is 0 Å². The zero-order valence-electron chi connectivity index (χ0n) is 12.8. The van der Waals surface area contributed by atoms with E-state index in [0.29, 0.717) is 22.3 Å². The maximum atomic E-state index is 12.6. The fourth-order valence-electron chi connectivity index (χ4n) is 2.83. The van der Waals surface area contributed by atoms with Gasteiger partial charge in [-0.05, 0) is 38.3 Å². The lowest BCUT2D eigenvalue weighted by atomic mass is 9.83. The molecule has 0 spiro atoms. The lowest BCUT2D eigenvalue weighted by Crippen LogP contribution is -2.20. The number of benzene rings is 2. The number of allylic oxidation sites excluding steroid dienone is 2. The molecule has 2 nitrogen and oxygen atoms in total. The summed E-state index contributed by atoms with van der Waals surface area (Å²) < 4.78 is 0. The van der Waals surface area contributed by atoms with E-state index < -0.39 is 0 Å². The van der Waals surface area contributed by atoms with Crippen molar-refractivity contribution in [2.75, 3.05) is 0 Å². The van der Waals surface area contributed by atoms with Gasteiger partial charge in [0.25, 0.3) is 0 Å². The second-order valence-corrected chi connectivity index (χ2v) is 5.90. The van der Waals surface area contributed by atoms with E-state index in [1.54, 1.807) is 30.3 Å². The number of aryl methyl sites for hydroxylation is 1. The summed E-state index contributed by atoms with van der Waals surface area (Å²) in [5, 5.41) is 0. The second kappa shape index (κ2) is 5.72. The zero-order chi connectivity index (χ0) is 15.7. The first kappa shape index (κ1) is 14.5. The predicted octanol–water partition coefficient (Wildman–Crippen LogP) is 4.36. The SMILES string of the molecule is CC(C)=CCCc1ccc2c(c1)C(=O)c1ccccc1C2=O. The molecule has 0 atom stereocenters. The summed E-state index contributed by atoms with van der Waals surface area (Å²) in [4.78, 5) is 25.1. The van der Waals surface area contributed by atoms with E-state index in [2.05, 4.69) is 19.9 Å². The summed E-state index contributed by atoms with van der Waals surface area (Å²) in [6.07, 6.45) is 4.00. The smallest absolute Gasteiger partial charge is 0.194 e. The van der Waals surface area contributed by atoms with Crippen molar-refractivity contribution in [3.05, 3.63) is 81.9 Å². The highest BCUT2D eigenvalue weighted by Gasteiger charge is 2.29. The minimum Gasteiger partial charge on any atom is -0.289 e. The molecule has 0 heterocycles. The number of fused-ring (bicyclic) bond motifs is 2. The maximum Gasteiger partial charge on any atom is 0.194 e. The van der Waals surface area contributed by atoms with Crippen molar-refractivity contribution in [3.8, 4) is 0 Å². The summed E-state index contributed by atoms with van der Waals surface area (Å²) in [5.41, 5.74) is 4.47. The molecule has 0 unspecified atom stereocenters. The minimum atomic E-state index is -0.0546. The molecule has 1 aliphatic rings. The standard InChI is InChI=1S/C20H18O2/c1-13(2)6-5-7-14-10-11-17-18(12-14)20(22)16-9-4-3-8-15(16)19(17)21/h3-4,6,8-12H,5,7H2,1-2H3. The van der Waals surface area contributed by atoms with E-state index in [1.165, 1.54) is 5.57 Å². The van der Waals surface area contributed by atoms with Gasteiger partial charge in [0.2, 0.25) is 0 Å². The molecular formula is C20H18O2.